The number of benzene rings is 2. The van der Waals surface area contributed by atoms with Gasteiger partial charge in [0, 0.05) is 49.6 Å². The fourth-order valence-electron chi connectivity index (χ4n) is 4.52. The second-order valence-corrected chi connectivity index (χ2v) is 10.2. The summed E-state index contributed by atoms with van der Waals surface area (Å²) in [5.74, 6) is 1.10. The molecule has 2 amide bonds. The highest BCUT2D eigenvalue weighted by Gasteiger charge is 2.22. The van der Waals surface area contributed by atoms with Gasteiger partial charge in [-0.1, -0.05) is 6.92 Å². The molecule has 1 atom stereocenters. The van der Waals surface area contributed by atoms with Gasteiger partial charge in [0.2, 0.25) is 0 Å². The fourth-order valence-corrected chi connectivity index (χ4v) is 4.52. The zero-order chi connectivity index (χ0) is 31.6. The number of ether oxygens (including phenoxy) is 2. The van der Waals surface area contributed by atoms with Crippen LogP contribution in [-0.2, 0) is 23.1 Å². The number of pyridine rings is 1. The van der Waals surface area contributed by atoms with Crippen LogP contribution in [0.2, 0.25) is 0 Å². The Labute approximate surface area is 256 Å². The quantitative estimate of drug-likeness (QED) is 0.114. The zero-order valence-electron chi connectivity index (χ0n) is 25.5. The van der Waals surface area contributed by atoms with Crippen molar-refractivity contribution in [1.29, 1.82) is 0 Å². The number of aromatic nitrogens is 3. The van der Waals surface area contributed by atoms with Crippen LogP contribution in [0.4, 0.5) is 16.3 Å². The lowest BCUT2D eigenvalue weighted by Gasteiger charge is -2.23. The van der Waals surface area contributed by atoms with Crippen LogP contribution in [0.3, 0.4) is 0 Å². The van der Waals surface area contributed by atoms with E-state index in [0.717, 1.165) is 22.6 Å². The van der Waals surface area contributed by atoms with Gasteiger partial charge < -0.3 is 30.2 Å². The molecule has 12 heteroatoms. The van der Waals surface area contributed by atoms with Crippen molar-refractivity contribution < 1.29 is 24.2 Å². The molecule has 2 aromatic heterocycles. The van der Waals surface area contributed by atoms with E-state index in [4.69, 9.17) is 20.2 Å². The highest BCUT2D eigenvalue weighted by Crippen LogP contribution is 2.22. The maximum atomic E-state index is 13.7. The van der Waals surface area contributed by atoms with Crippen LogP contribution in [0.15, 0.2) is 65.8 Å². The molecule has 0 aliphatic rings. The third kappa shape index (κ3) is 8.17. The van der Waals surface area contributed by atoms with Gasteiger partial charge in [-0.05, 0) is 80.4 Å². The second-order valence-electron chi connectivity index (χ2n) is 10.2. The van der Waals surface area contributed by atoms with E-state index in [1.807, 2.05) is 55.8 Å². The van der Waals surface area contributed by atoms with E-state index in [1.165, 1.54) is 0 Å². The molecule has 44 heavy (non-hydrogen) atoms. The molecule has 4 rings (SSSR count). The molecule has 0 saturated heterocycles. The summed E-state index contributed by atoms with van der Waals surface area (Å²) in [6, 6.07) is 16.3. The molecule has 1 unspecified atom stereocenters. The number of carbonyl (C=O) groups is 2. The monoisotopic (exact) mass is 601 g/mol. The van der Waals surface area contributed by atoms with Crippen molar-refractivity contribution in [2.24, 2.45) is 17.8 Å². The Morgan fingerprint density at radius 1 is 1.11 bits per heavy atom. The van der Waals surface area contributed by atoms with E-state index >= 15 is 0 Å². The largest absolute Gasteiger partial charge is 0.448 e. The smallest absolute Gasteiger partial charge is 0.435 e. The number of rotatable bonds is 13. The van der Waals surface area contributed by atoms with Crippen molar-refractivity contribution in [3.05, 3.63) is 83.3 Å². The van der Waals surface area contributed by atoms with Gasteiger partial charge in [0.1, 0.15) is 17.5 Å². The predicted molar refractivity (Wildman–Crippen MR) is 170 cm³/mol. The molecule has 0 bridgehead atoms. The molecule has 4 N–H and O–H groups in total. The maximum absolute atomic E-state index is 13.7. The van der Waals surface area contributed by atoms with Crippen LogP contribution >= 0.6 is 0 Å². The number of nitrogens with one attached hydrogen (secondary N) is 1. The highest BCUT2D eigenvalue weighted by atomic mass is 16.6. The normalized spacial score (nSPS) is 12.2. The lowest BCUT2D eigenvalue weighted by molar-refractivity contribution is -0.0966. The molecule has 0 spiro atoms. The van der Waals surface area contributed by atoms with Crippen LogP contribution in [0.1, 0.15) is 54.0 Å². The van der Waals surface area contributed by atoms with Gasteiger partial charge in [0.15, 0.2) is 6.29 Å². The third-order valence-electron chi connectivity index (χ3n) is 6.87. The number of carbonyl (C=O) groups excluding carboxylic acids is 2. The minimum absolute atomic E-state index is 0.0839. The van der Waals surface area contributed by atoms with Crippen LogP contribution in [0, 0.1) is 6.92 Å². The van der Waals surface area contributed by atoms with Gasteiger partial charge >= 0.3 is 6.09 Å². The van der Waals surface area contributed by atoms with E-state index in [0.29, 0.717) is 48.6 Å². The molecule has 2 aromatic carbocycles. The van der Waals surface area contributed by atoms with Crippen LogP contribution in [-0.4, -0.2) is 63.5 Å². The summed E-state index contributed by atoms with van der Waals surface area (Å²) in [5.41, 5.74) is 10.4. The van der Waals surface area contributed by atoms with Gasteiger partial charge in [-0.15, -0.1) is 0 Å². The summed E-state index contributed by atoms with van der Waals surface area (Å²) in [4.78, 5) is 40.0. The molecule has 12 nitrogen and oxygen atoms in total. The first-order chi connectivity index (χ1) is 21.2. The number of aryl methyl sites for hydroxylation is 2. The van der Waals surface area contributed by atoms with Crippen molar-refractivity contribution in [2.75, 3.05) is 30.0 Å². The standard InChI is InChI=1S/C32H39N7O5/c1-5-17-44-32(42)37-30(33)22-7-10-24(11-8-22)35-20-28-36-25-19-23(9-12-26(25)38(28)4)31(41)39(16-14-29(40)43-6-2)27-18-21(3)13-15-34-27/h7-13,15,18-19,29,35,40H,5-6,14,16-17,20H2,1-4H3,(H2,33,37,42). The van der Waals surface area contributed by atoms with Crippen molar-refractivity contribution in [1.82, 2.24) is 14.5 Å². The Bertz CT molecular complexity index is 1620. The molecule has 0 fully saturated rings. The number of aliphatic hydroxyl groups is 1. The van der Waals surface area contributed by atoms with Crippen LogP contribution in [0.5, 0.6) is 0 Å². The molecule has 0 saturated carbocycles. The molecule has 0 aliphatic carbocycles. The number of fused-ring (bicyclic) bond motifs is 1. The molecule has 0 aliphatic heterocycles. The Morgan fingerprint density at radius 3 is 2.57 bits per heavy atom. The Morgan fingerprint density at radius 2 is 1.86 bits per heavy atom. The summed E-state index contributed by atoms with van der Waals surface area (Å²) in [6.45, 7) is 6.96. The number of aliphatic hydroxyl groups excluding tert-OH is 1. The summed E-state index contributed by atoms with van der Waals surface area (Å²) < 4.78 is 12.2. The van der Waals surface area contributed by atoms with E-state index < -0.39 is 12.4 Å². The topological polar surface area (TPSA) is 157 Å². The minimum Gasteiger partial charge on any atom is -0.448 e. The molecular formula is C32H39N7O5. The zero-order valence-corrected chi connectivity index (χ0v) is 25.5. The van der Waals surface area contributed by atoms with Gasteiger partial charge in [0.05, 0.1) is 24.2 Å². The first-order valence-corrected chi connectivity index (χ1v) is 14.5. The number of hydrogen-bond donors (Lipinski definition) is 3. The number of amidine groups is 1. The van der Waals surface area contributed by atoms with Crippen molar-refractivity contribution in [3.8, 4) is 0 Å². The van der Waals surface area contributed by atoms with E-state index in [1.54, 1.807) is 42.3 Å². The van der Waals surface area contributed by atoms with Gasteiger partial charge in [-0.3, -0.25) is 9.69 Å². The van der Waals surface area contributed by atoms with Crippen LogP contribution in [0.25, 0.3) is 11.0 Å². The molecule has 0 radical (unpaired) electrons. The van der Waals surface area contributed by atoms with E-state index in [-0.39, 0.29) is 24.7 Å². The average molecular weight is 602 g/mol. The van der Waals surface area contributed by atoms with Crippen molar-refractivity contribution >= 4 is 40.4 Å². The number of hydrogen-bond acceptors (Lipinski definition) is 8. The number of amides is 2. The van der Waals surface area contributed by atoms with E-state index in [2.05, 4.69) is 15.3 Å². The van der Waals surface area contributed by atoms with Crippen molar-refractivity contribution in [3.63, 3.8) is 0 Å². The van der Waals surface area contributed by atoms with Gasteiger partial charge in [0.25, 0.3) is 5.91 Å². The van der Waals surface area contributed by atoms with Crippen LogP contribution < -0.4 is 16.0 Å². The number of imidazole rings is 1. The Kier molecular flexibility index (Phi) is 11.0. The number of anilines is 2. The molecule has 2 heterocycles. The Balaban J connectivity index is 1.48. The first kappa shape index (κ1) is 32.1. The number of aliphatic imine (C=N–C) groups is 1. The predicted octanol–water partition coefficient (Wildman–Crippen LogP) is 4.53. The van der Waals surface area contributed by atoms with Crippen molar-refractivity contribution in [2.45, 2.75) is 46.4 Å². The maximum Gasteiger partial charge on any atom is 0.435 e. The number of nitrogens with two attached hydrogens (primary N) is 1. The Hall–Kier alpha value is -4.81. The molecule has 232 valence electrons. The van der Waals surface area contributed by atoms with Gasteiger partial charge in [-0.25, -0.2) is 14.8 Å². The summed E-state index contributed by atoms with van der Waals surface area (Å²) in [7, 11) is 1.92. The molecular weight excluding hydrogens is 562 g/mol. The number of nitrogens with zero attached hydrogens (tertiary/aromatic N) is 5. The summed E-state index contributed by atoms with van der Waals surface area (Å²) >= 11 is 0. The fraction of sp³-hybridized carbons (Fsp3) is 0.344. The lowest BCUT2D eigenvalue weighted by Crippen LogP contribution is -2.34. The molecule has 4 aromatic rings. The second kappa shape index (κ2) is 15.1. The lowest BCUT2D eigenvalue weighted by atomic mass is 10.1. The van der Waals surface area contributed by atoms with E-state index in [9.17, 15) is 14.7 Å². The van der Waals surface area contributed by atoms with Gasteiger partial charge in [-0.2, -0.15) is 4.99 Å². The summed E-state index contributed by atoms with van der Waals surface area (Å²) in [6.07, 6.45) is 0.912. The first-order valence-electron chi connectivity index (χ1n) is 14.5. The third-order valence-corrected chi connectivity index (χ3v) is 6.87. The average Bonchev–Trinajstić information content (AvgIpc) is 3.33. The minimum atomic E-state index is -0.982. The summed E-state index contributed by atoms with van der Waals surface area (Å²) in [5, 5.41) is 13.5. The highest BCUT2D eigenvalue weighted by molar-refractivity contribution is 6.07. The SMILES string of the molecule is CCCOC(=O)/N=C(\N)c1ccc(NCc2nc3cc(C(=O)N(CCC(O)OCC)c4cc(C)ccn4)ccc3n2C)cc1.